The first-order valence-corrected chi connectivity index (χ1v) is 6.58. The van der Waals surface area contributed by atoms with Gasteiger partial charge in [-0.15, -0.1) is 0 Å². The van der Waals surface area contributed by atoms with Crippen molar-refractivity contribution in [1.82, 2.24) is 5.32 Å². The number of halogens is 1. The lowest BCUT2D eigenvalue weighted by atomic mass is 10.1. The summed E-state index contributed by atoms with van der Waals surface area (Å²) in [6.45, 7) is 4.11. The number of anilines is 1. The van der Waals surface area contributed by atoms with Crippen molar-refractivity contribution in [2.75, 3.05) is 24.6 Å². The number of hydrogen-bond acceptors (Lipinski definition) is 3. The van der Waals surface area contributed by atoms with Gasteiger partial charge in [0.2, 0.25) is 0 Å². The highest BCUT2D eigenvalue weighted by molar-refractivity contribution is 5.49. The van der Waals surface area contributed by atoms with Crippen LogP contribution in [0.1, 0.15) is 19.8 Å². The maximum absolute atomic E-state index is 13.4. The Hall–Kier alpha value is -1.13. The number of benzene rings is 1. The predicted molar refractivity (Wildman–Crippen MR) is 71.3 cm³/mol. The van der Waals surface area contributed by atoms with E-state index in [1.54, 1.807) is 12.1 Å². The highest BCUT2D eigenvalue weighted by Crippen LogP contribution is 2.24. The minimum Gasteiger partial charge on any atom is -0.396 e. The number of nitrogens with zero attached hydrogens (tertiary/aromatic N) is 1. The van der Waals surface area contributed by atoms with E-state index in [-0.39, 0.29) is 18.5 Å². The minimum atomic E-state index is -0.209. The van der Waals surface area contributed by atoms with Crippen molar-refractivity contribution >= 4 is 5.69 Å². The molecule has 0 amide bonds. The molecule has 1 fully saturated rings. The van der Waals surface area contributed by atoms with Crippen LogP contribution in [0.3, 0.4) is 0 Å². The Bertz CT molecular complexity index is 386. The highest BCUT2D eigenvalue weighted by Gasteiger charge is 2.26. The molecule has 1 aromatic carbocycles. The second-order valence-corrected chi connectivity index (χ2v) is 4.90. The smallest absolute Gasteiger partial charge is 0.125 e. The fourth-order valence-corrected chi connectivity index (χ4v) is 2.67. The van der Waals surface area contributed by atoms with Crippen molar-refractivity contribution in [3.63, 3.8) is 0 Å². The monoisotopic (exact) mass is 252 g/mol. The maximum Gasteiger partial charge on any atom is 0.125 e. The molecule has 1 aliphatic heterocycles. The van der Waals surface area contributed by atoms with Crippen LogP contribution in [0.4, 0.5) is 10.1 Å². The summed E-state index contributed by atoms with van der Waals surface area (Å²) in [5.41, 5.74) is 0.907. The van der Waals surface area contributed by atoms with Crippen LogP contribution in [-0.2, 0) is 0 Å². The number of aliphatic hydroxyl groups is 1. The molecule has 1 saturated heterocycles. The summed E-state index contributed by atoms with van der Waals surface area (Å²) in [4.78, 5) is 2.24. The molecule has 2 rings (SSSR count). The second kappa shape index (κ2) is 6.16. The quantitative estimate of drug-likeness (QED) is 0.860. The van der Waals surface area contributed by atoms with Crippen LogP contribution in [0.5, 0.6) is 0 Å². The summed E-state index contributed by atoms with van der Waals surface area (Å²) in [5, 5.41) is 12.6. The van der Waals surface area contributed by atoms with Crippen LogP contribution in [-0.4, -0.2) is 36.9 Å². The Labute approximate surface area is 108 Å². The van der Waals surface area contributed by atoms with Gasteiger partial charge in [0.05, 0.1) is 0 Å². The van der Waals surface area contributed by atoms with E-state index in [1.807, 2.05) is 6.07 Å². The molecule has 0 saturated carbocycles. The molecule has 0 aliphatic carbocycles. The van der Waals surface area contributed by atoms with Crippen LogP contribution in [0.2, 0.25) is 0 Å². The van der Waals surface area contributed by atoms with Crippen molar-refractivity contribution < 1.29 is 9.50 Å². The first-order valence-electron chi connectivity index (χ1n) is 6.58. The van der Waals surface area contributed by atoms with Gasteiger partial charge in [-0.25, -0.2) is 4.39 Å². The summed E-state index contributed by atoms with van der Waals surface area (Å²) in [7, 11) is 0. The maximum atomic E-state index is 13.4. The van der Waals surface area contributed by atoms with Gasteiger partial charge in [0.1, 0.15) is 5.82 Å². The summed E-state index contributed by atoms with van der Waals surface area (Å²) in [6.07, 6.45) is 1.73. The SMILES string of the molecule is CC1CCNCC(CCO)N1c1cccc(F)c1. The molecule has 2 N–H and O–H groups in total. The molecular weight excluding hydrogens is 231 g/mol. The van der Waals surface area contributed by atoms with Gasteiger partial charge in [-0.05, 0) is 44.5 Å². The third-order valence-electron chi connectivity index (χ3n) is 3.56. The van der Waals surface area contributed by atoms with Crippen LogP contribution in [0, 0.1) is 5.82 Å². The molecule has 0 aromatic heterocycles. The molecule has 0 bridgehead atoms. The van der Waals surface area contributed by atoms with Crippen LogP contribution >= 0.6 is 0 Å². The number of nitrogens with one attached hydrogen (secondary N) is 1. The molecule has 100 valence electrons. The molecule has 0 spiro atoms. The van der Waals surface area contributed by atoms with Crippen molar-refractivity contribution in [1.29, 1.82) is 0 Å². The lowest BCUT2D eigenvalue weighted by Gasteiger charge is -2.36. The molecular formula is C14H21FN2O. The zero-order valence-corrected chi connectivity index (χ0v) is 10.8. The first-order chi connectivity index (χ1) is 8.72. The van der Waals surface area contributed by atoms with Gasteiger partial charge in [-0.2, -0.15) is 0 Å². The fraction of sp³-hybridized carbons (Fsp3) is 0.571. The molecule has 0 radical (unpaired) electrons. The van der Waals surface area contributed by atoms with Crippen molar-refractivity contribution in [2.24, 2.45) is 0 Å². The Morgan fingerprint density at radius 3 is 3.06 bits per heavy atom. The van der Waals surface area contributed by atoms with Gasteiger partial charge in [-0.1, -0.05) is 6.07 Å². The Morgan fingerprint density at radius 2 is 2.33 bits per heavy atom. The zero-order valence-electron chi connectivity index (χ0n) is 10.8. The second-order valence-electron chi connectivity index (χ2n) is 4.90. The summed E-state index contributed by atoms with van der Waals surface area (Å²) < 4.78 is 13.4. The highest BCUT2D eigenvalue weighted by atomic mass is 19.1. The van der Waals surface area contributed by atoms with Gasteiger partial charge in [-0.3, -0.25) is 0 Å². The van der Waals surface area contributed by atoms with E-state index in [0.717, 1.165) is 25.2 Å². The Morgan fingerprint density at radius 1 is 1.50 bits per heavy atom. The van der Waals surface area contributed by atoms with Gasteiger partial charge in [0.15, 0.2) is 0 Å². The number of rotatable bonds is 3. The molecule has 18 heavy (non-hydrogen) atoms. The Kier molecular flexibility index (Phi) is 4.55. The fourth-order valence-electron chi connectivity index (χ4n) is 2.67. The van der Waals surface area contributed by atoms with Crippen molar-refractivity contribution in [3.8, 4) is 0 Å². The van der Waals surface area contributed by atoms with E-state index in [2.05, 4.69) is 17.1 Å². The Balaban J connectivity index is 2.28. The number of hydrogen-bond donors (Lipinski definition) is 2. The summed E-state index contributed by atoms with van der Waals surface area (Å²) >= 11 is 0. The molecule has 2 unspecified atom stereocenters. The molecule has 1 aromatic rings. The van der Waals surface area contributed by atoms with E-state index < -0.39 is 0 Å². The third kappa shape index (κ3) is 3.00. The first kappa shape index (κ1) is 13.3. The summed E-state index contributed by atoms with van der Waals surface area (Å²) in [6, 6.07) is 7.28. The van der Waals surface area contributed by atoms with E-state index in [1.165, 1.54) is 6.07 Å². The number of aliphatic hydroxyl groups excluding tert-OH is 1. The van der Waals surface area contributed by atoms with E-state index in [9.17, 15) is 9.50 Å². The molecule has 4 heteroatoms. The van der Waals surface area contributed by atoms with Crippen LogP contribution in [0.15, 0.2) is 24.3 Å². The van der Waals surface area contributed by atoms with E-state index in [0.29, 0.717) is 12.5 Å². The zero-order chi connectivity index (χ0) is 13.0. The van der Waals surface area contributed by atoms with Gasteiger partial charge in [0.25, 0.3) is 0 Å². The lowest BCUT2D eigenvalue weighted by Crippen LogP contribution is -2.44. The average molecular weight is 252 g/mol. The van der Waals surface area contributed by atoms with Crippen molar-refractivity contribution in [3.05, 3.63) is 30.1 Å². The normalized spacial score (nSPS) is 24.9. The van der Waals surface area contributed by atoms with E-state index >= 15 is 0 Å². The average Bonchev–Trinajstić information content (AvgIpc) is 2.52. The predicted octanol–water partition coefficient (Wildman–Crippen LogP) is 1.76. The summed E-state index contributed by atoms with van der Waals surface area (Å²) in [5.74, 6) is -0.209. The van der Waals surface area contributed by atoms with E-state index in [4.69, 9.17) is 0 Å². The van der Waals surface area contributed by atoms with Gasteiger partial charge in [0, 0.05) is 30.9 Å². The molecule has 1 aliphatic rings. The third-order valence-corrected chi connectivity index (χ3v) is 3.56. The largest absolute Gasteiger partial charge is 0.396 e. The molecule has 3 nitrogen and oxygen atoms in total. The molecule has 2 atom stereocenters. The molecule has 1 heterocycles. The lowest BCUT2D eigenvalue weighted by molar-refractivity contribution is 0.271. The van der Waals surface area contributed by atoms with Gasteiger partial charge >= 0.3 is 0 Å². The van der Waals surface area contributed by atoms with Gasteiger partial charge < -0.3 is 15.3 Å². The minimum absolute atomic E-state index is 0.158. The topological polar surface area (TPSA) is 35.5 Å². The van der Waals surface area contributed by atoms with Crippen LogP contribution in [0.25, 0.3) is 0 Å². The van der Waals surface area contributed by atoms with Crippen molar-refractivity contribution in [2.45, 2.75) is 31.8 Å². The van der Waals surface area contributed by atoms with Crippen LogP contribution < -0.4 is 10.2 Å². The standard InChI is InChI=1S/C14H21FN2O/c1-11-5-7-16-10-14(6-8-18)17(11)13-4-2-3-12(15)9-13/h2-4,9,11,14,16,18H,5-8,10H2,1H3.